The fraction of sp³-hybridized carbons (Fsp3) is 0.240. The van der Waals surface area contributed by atoms with Gasteiger partial charge in [-0.3, -0.25) is 15.1 Å². The lowest BCUT2D eigenvalue weighted by molar-refractivity contribution is -0.116. The molecule has 0 radical (unpaired) electrons. The molecule has 0 aromatic heterocycles. The minimum atomic E-state index is -0.475. The van der Waals surface area contributed by atoms with E-state index in [4.69, 9.17) is 14.8 Å². The molecule has 2 aliphatic rings. The van der Waals surface area contributed by atoms with Crippen molar-refractivity contribution in [3.8, 4) is 5.75 Å². The molecular formula is C25H23BrN4O2S. The Kier molecular flexibility index (Phi) is 6.12. The lowest BCUT2D eigenvalue weighted by Crippen LogP contribution is -2.50. The topological polar surface area (TPSA) is 66.3 Å². The molecular weight excluding hydrogens is 500 g/mol. The van der Waals surface area contributed by atoms with Crippen LogP contribution in [-0.4, -0.2) is 28.9 Å². The van der Waals surface area contributed by atoms with Crippen molar-refractivity contribution in [1.29, 1.82) is 0 Å². The maximum Gasteiger partial charge on any atom is 0.276 e. The van der Waals surface area contributed by atoms with Crippen LogP contribution < -0.4 is 20.6 Å². The smallest absolute Gasteiger partial charge is 0.276 e. The molecule has 0 aliphatic carbocycles. The number of amides is 1. The van der Waals surface area contributed by atoms with Crippen LogP contribution in [0.3, 0.4) is 0 Å². The molecule has 2 heterocycles. The predicted molar refractivity (Wildman–Crippen MR) is 136 cm³/mol. The minimum Gasteiger partial charge on any atom is -0.496 e. The number of hydrogen-bond donors (Lipinski definition) is 1. The molecule has 1 N–H and O–H groups in total. The van der Waals surface area contributed by atoms with Crippen molar-refractivity contribution in [3.63, 3.8) is 0 Å². The first-order valence-electron chi connectivity index (χ1n) is 10.9. The molecule has 168 valence electrons. The first-order valence-corrected chi connectivity index (χ1v) is 12.6. The molecule has 33 heavy (non-hydrogen) atoms. The van der Waals surface area contributed by atoms with Crippen LogP contribution in [0.1, 0.15) is 31.5 Å². The van der Waals surface area contributed by atoms with Crippen molar-refractivity contribution in [1.82, 2.24) is 10.3 Å². The molecule has 1 atom stereocenters. The van der Waals surface area contributed by atoms with Gasteiger partial charge in [-0.25, -0.2) is 5.01 Å². The van der Waals surface area contributed by atoms with Crippen LogP contribution in [0.25, 0.3) is 16.5 Å². The van der Waals surface area contributed by atoms with E-state index in [1.807, 2.05) is 48.5 Å². The number of methoxy groups -OCH3 is 1. The van der Waals surface area contributed by atoms with Gasteiger partial charge in [-0.1, -0.05) is 71.4 Å². The molecule has 6 nitrogen and oxygen atoms in total. The third-order valence-corrected chi connectivity index (χ3v) is 7.17. The van der Waals surface area contributed by atoms with Crippen LogP contribution in [0.2, 0.25) is 0 Å². The van der Waals surface area contributed by atoms with E-state index in [0.717, 1.165) is 55.7 Å². The lowest BCUT2D eigenvalue weighted by Gasteiger charge is -2.34. The van der Waals surface area contributed by atoms with E-state index in [0.29, 0.717) is 10.9 Å². The molecule has 1 amide bonds. The summed E-state index contributed by atoms with van der Waals surface area (Å²) < 4.78 is 6.47. The summed E-state index contributed by atoms with van der Waals surface area (Å²) in [4.78, 5) is 18.4. The van der Waals surface area contributed by atoms with E-state index in [-0.39, 0.29) is 5.91 Å². The van der Waals surface area contributed by atoms with Gasteiger partial charge in [0.05, 0.1) is 12.5 Å². The van der Waals surface area contributed by atoms with Crippen LogP contribution in [-0.2, 0) is 4.79 Å². The van der Waals surface area contributed by atoms with Gasteiger partial charge < -0.3 is 4.74 Å². The largest absolute Gasteiger partial charge is 0.496 e. The van der Waals surface area contributed by atoms with E-state index in [9.17, 15) is 4.79 Å². The van der Waals surface area contributed by atoms with Crippen LogP contribution >= 0.6 is 27.7 Å². The Morgan fingerprint density at radius 2 is 1.97 bits per heavy atom. The summed E-state index contributed by atoms with van der Waals surface area (Å²) >= 11 is 5.10. The van der Waals surface area contributed by atoms with Crippen molar-refractivity contribution in [3.05, 3.63) is 75.2 Å². The molecule has 3 aromatic carbocycles. The highest BCUT2D eigenvalue weighted by molar-refractivity contribution is 9.10. The fourth-order valence-corrected chi connectivity index (χ4v) is 5.43. The highest BCUT2D eigenvalue weighted by atomic mass is 79.9. The number of carbonyl (C=O) groups is 1. The number of ether oxygens (including phenoxy) is 1. The maximum atomic E-state index is 13.3. The normalized spacial score (nSPS) is 17.1. The predicted octanol–water partition coefficient (Wildman–Crippen LogP) is 4.29. The molecule has 3 aromatic rings. The second kappa shape index (κ2) is 9.19. The van der Waals surface area contributed by atoms with Gasteiger partial charge in [0.25, 0.3) is 5.91 Å². The van der Waals surface area contributed by atoms with Gasteiger partial charge in [0.2, 0.25) is 0 Å². The third kappa shape index (κ3) is 4.02. The number of carbonyl (C=O) groups excluding carboxylic acids is 1. The number of unbranched alkanes of at least 4 members (excludes halogenated alkanes) is 1. The zero-order valence-electron chi connectivity index (χ0n) is 18.3. The first kappa shape index (κ1) is 22.0. The summed E-state index contributed by atoms with van der Waals surface area (Å²) in [5.74, 6) is 1.53. The van der Waals surface area contributed by atoms with Crippen molar-refractivity contribution in [2.45, 2.75) is 25.9 Å². The number of nitrogens with zero attached hydrogens (tertiary/aromatic N) is 3. The molecule has 8 heteroatoms. The molecule has 0 fully saturated rings. The molecule has 0 saturated heterocycles. The number of rotatable bonds is 5. The Bertz CT molecular complexity index is 1410. The van der Waals surface area contributed by atoms with E-state index in [2.05, 4.69) is 34.2 Å². The first-order chi connectivity index (χ1) is 16.1. The Morgan fingerprint density at radius 3 is 2.76 bits per heavy atom. The van der Waals surface area contributed by atoms with Gasteiger partial charge in [-0.15, -0.1) is 5.10 Å². The van der Waals surface area contributed by atoms with Gasteiger partial charge in [0.15, 0.2) is 11.3 Å². The molecule has 2 aliphatic heterocycles. The average Bonchev–Trinajstić information content (AvgIpc) is 2.83. The Morgan fingerprint density at radius 1 is 1.15 bits per heavy atom. The number of benzene rings is 3. The monoisotopic (exact) mass is 522 g/mol. The summed E-state index contributed by atoms with van der Waals surface area (Å²) in [6.45, 7) is 2.15. The van der Waals surface area contributed by atoms with Crippen LogP contribution in [0, 0.1) is 0 Å². The second-order valence-corrected chi connectivity index (χ2v) is 9.82. The van der Waals surface area contributed by atoms with Gasteiger partial charge in [0.1, 0.15) is 11.4 Å². The van der Waals surface area contributed by atoms with E-state index in [1.54, 1.807) is 23.9 Å². The van der Waals surface area contributed by atoms with E-state index < -0.39 is 6.17 Å². The molecule has 0 bridgehead atoms. The Balaban J connectivity index is 1.73. The van der Waals surface area contributed by atoms with Gasteiger partial charge in [-0.2, -0.15) is 0 Å². The maximum absolute atomic E-state index is 13.3. The van der Waals surface area contributed by atoms with Crippen LogP contribution in [0.4, 0.5) is 0 Å². The van der Waals surface area contributed by atoms with Crippen molar-refractivity contribution >= 4 is 55.2 Å². The van der Waals surface area contributed by atoms with Gasteiger partial charge >= 0.3 is 0 Å². The number of hydrogen-bond acceptors (Lipinski definition) is 6. The summed E-state index contributed by atoms with van der Waals surface area (Å²) in [5.41, 5.74) is 1.47. The number of amidine groups is 1. The molecule has 0 spiro atoms. The SMILES string of the molecule is CCCCSC1=NN2C(=c3cc(Br)ccc3=N[C@H]2c2ccc(OC)c3ccccc23)C(=O)N1. The Labute approximate surface area is 204 Å². The summed E-state index contributed by atoms with van der Waals surface area (Å²) in [7, 11) is 1.67. The lowest BCUT2D eigenvalue weighted by atomic mass is 10.00. The van der Waals surface area contributed by atoms with Crippen molar-refractivity contribution in [2.75, 3.05) is 12.9 Å². The molecule has 5 rings (SSSR count). The second-order valence-electron chi connectivity index (χ2n) is 7.82. The fourth-order valence-electron chi connectivity index (χ4n) is 4.13. The number of hydrazone groups is 1. The van der Waals surface area contributed by atoms with Crippen molar-refractivity contribution < 1.29 is 9.53 Å². The third-order valence-electron chi connectivity index (χ3n) is 5.72. The standard InChI is InChI=1S/C25H23BrN4O2S/c1-3-4-13-33-25-28-24(31)22-19-14-15(26)9-11-20(19)27-23(30(22)29-25)18-10-12-21(32-2)17-8-6-5-7-16(17)18/h5-12,14,23H,3-4,13H2,1-2H3,(H,28,29,31)/t23-/m1/s1. The number of fused-ring (bicyclic) bond motifs is 3. The average molecular weight is 523 g/mol. The van der Waals surface area contributed by atoms with Gasteiger partial charge in [-0.05, 0) is 36.1 Å². The minimum absolute atomic E-state index is 0.166. The summed E-state index contributed by atoms with van der Waals surface area (Å²) in [6.07, 6.45) is 1.67. The molecule has 0 saturated carbocycles. The Hall–Kier alpha value is -2.84. The van der Waals surface area contributed by atoms with Gasteiger partial charge in [0, 0.05) is 26.4 Å². The van der Waals surface area contributed by atoms with Crippen LogP contribution in [0.15, 0.2) is 69.2 Å². The number of nitrogens with one attached hydrogen (secondary N) is 1. The highest BCUT2D eigenvalue weighted by Crippen LogP contribution is 2.37. The highest BCUT2D eigenvalue weighted by Gasteiger charge is 2.35. The number of thioether (sulfide) groups is 1. The van der Waals surface area contributed by atoms with Crippen LogP contribution in [0.5, 0.6) is 5.75 Å². The van der Waals surface area contributed by atoms with E-state index >= 15 is 0 Å². The number of halogens is 1. The zero-order chi connectivity index (χ0) is 22.9. The summed E-state index contributed by atoms with van der Waals surface area (Å²) in [6, 6.07) is 17.9. The van der Waals surface area contributed by atoms with E-state index in [1.165, 1.54) is 0 Å². The summed E-state index contributed by atoms with van der Waals surface area (Å²) in [5, 5.41) is 13.8. The molecule has 0 unspecified atom stereocenters. The quantitative estimate of drug-likeness (QED) is 0.507. The van der Waals surface area contributed by atoms with Crippen molar-refractivity contribution in [2.24, 2.45) is 10.1 Å². The zero-order valence-corrected chi connectivity index (χ0v) is 20.7.